The van der Waals surface area contributed by atoms with Gasteiger partial charge in [-0.15, -0.1) is 11.3 Å². The van der Waals surface area contributed by atoms with Crippen LogP contribution < -0.4 is 10.1 Å². The minimum Gasteiger partial charge on any atom is -0.497 e. The average molecular weight is 415 g/mol. The van der Waals surface area contributed by atoms with Crippen molar-refractivity contribution in [1.29, 1.82) is 0 Å². The number of hydrogen-bond acceptors (Lipinski definition) is 5. The number of morpholine rings is 1. The lowest BCUT2D eigenvalue weighted by molar-refractivity contribution is -0.125. The van der Waals surface area contributed by atoms with Crippen molar-refractivity contribution in [2.24, 2.45) is 5.92 Å². The third-order valence-electron chi connectivity index (χ3n) is 5.56. The van der Waals surface area contributed by atoms with Crippen LogP contribution in [0.1, 0.15) is 32.1 Å². The molecule has 0 saturated carbocycles. The lowest BCUT2D eigenvalue weighted by atomic mass is 9.87. The third kappa shape index (κ3) is 4.62. The number of rotatable bonds is 5. The summed E-state index contributed by atoms with van der Waals surface area (Å²) in [5.74, 6) is 0.904. The summed E-state index contributed by atoms with van der Waals surface area (Å²) >= 11 is 1.59. The summed E-state index contributed by atoms with van der Waals surface area (Å²) in [4.78, 5) is 29.3. The highest BCUT2D eigenvalue weighted by molar-refractivity contribution is 7.14. The van der Waals surface area contributed by atoms with Gasteiger partial charge in [-0.25, -0.2) is 0 Å². The van der Waals surface area contributed by atoms with E-state index in [0.717, 1.165) is 34.6 Å². The average Bonchev–Trinajstić information content (AvgIpc) is 3.21. The normalized spacial score (nSPS) is 18.8. The van der Waals surface area contributed by atoms with Crippen LogP contribution in [0.2, 0.25) is 0 Å². The number of carbonyl (C=O) groups is 2. The van der Waals surface area contributed by atoms with Gasteiger partial charge in [0.05, 0.1) is 25.2 Å². The minimum absolute atomic E-state index is 0.0472. The number of nitrogens with one attached hydrogen (secondary N) is 1. The first-order valence-electron chi connectivity index (χ1n) is 10.0. The third-order valence-corrected chi connectivity index (χ3v) is 6.79. The van der Waals surface area contributed by atoms with Crippen molar-refractivity contribution in [1.82, 2.24) is 10.2 Å². The van der Waals surface area contributed by atoms with Crippen LogP contribution in [0.3, 0.4) is 0 Å². The zero-order valence-corrected chi connectivity index (χ0v) is 17.4. The number of fused-ring (bicyclic) bond motifs is 1. The van der Waals surface area contributed by atoms with E-state index in [1.165, 1.54) is 4.88 Å². The Morgan fingerprint density at radius 3 is 2.90 bits per heavy atom. The van der Waals surface area contributed by atoms with Crippen LogP contribution in [0.25, 0.3) is 0 Å². The molecule has 2 aromatic rings. The van der Waals surface area contributed by atoms with Crippen molar-refractivity contribution >= 4 is 23.2 Å². The van der Waals surface area contributed by atoms with Gasteiger partial charge in [-0.2, -0.15) is 0 Å². The van der Waals surface area contributed by atoms with Crippen LogP contribution in [0.5, 0.6) is 5.75 Å². The molecule has 0 radical (unpaired) electrons. The van der Waals surface area contributed by atoms with E-state index < -0.39 is 0 Å². The molecule has 1 fully saturated rings. The summed E-state index contributed by atoms with van der Waals surface area (Å²) in [6.45, 7) is 3.00. The molecule has 0 spiro atoms. The van der Waals surface area contributed by atoms with Gasteiger partial charge >= 0.3 is 0 Å². The van der Waals surface area contributed by atoms with Gasteiger partial charge < -0.3 is 19.7 Å². The molecular weight excluding hydrogens is 388 g/mol. The number of ether oxygens (including phenoxy) is 2. The van der Waals surface area contributed by atoms with Gasteiger partial charge in [0.15, 0.2) is 0 Å². The lowest BCUT2D eigenvalue weighted by Crippen LogP contribution is -2.40. The van der Waals surface area contributed by atoms with Gasteiger partial charge in [-0.1, -0.05) is 12.1 Å². The van der Waals surface area contributed by atoms with Gasteiger partial charge in [0, 0.05) is 30.4 Å². The van der Waals surface area contributed by atoms with E-state index in [0.29, 0.717) is 39.3 Å². The van der Waals surface area contributed by atoms with Crippen molar-refractivity contribution in [2.45, 2.75) is 25.8 Å². The molecule has 1 aromatic heterocycles. The minimum atomic E-state index is -0.0472. The molecule has 29 heavy (non-hydrogen) atoms. The van der Waals surface area contributed by atoms with E-state index in [2.05, 4.69) is 5.32 Å². The standard InChI is InChI=1S/C22H26N2O4S/c1-27-18-4-2-3-15(11-18)14-23-21(25)16-5-6-19-17(12-16)13-20(29-19)22(26)24-7-9-28-10-8-24/h2-4,11,13,16H,5-10,12,14H2,1H3,(H,23,25)/t16-/m1/s1. The summed E-state index contributed by atoms with van der Waals surface area (Å²) < 4.78 is 10.6. The summed E-state index contributed by atoms with van der Waals surface area (Å²) in [6, 6.07) is 9.72. The van der Waals surface area contributed by atoms with Gasteiger partial charge in [0.2, 0.25) is 5.91 Å². The summed E-state index contributed by atoms with van der Waals surface area (Å²) in [5, 5.41) is 3.05. The predicted octanol–water partition coefficient (Wildman–Crippen LogP) is 2.65. The number of hydrogen-bond donors (Lipinski definition) is 1. The monoisotopic (exact) mass is 414 g/mol. The Morgan fingerprint density at radius 2 is 2.10 bits per heavy atom. The van der Waals surface area contributed by atoms with Crippen LogP contribution in [-0.2, 0) is 28.9 Å². The molecule has 1 aromatic carbocycles. The van der Waals surface area contributed by atoms with Gasteiger partial charge in [0.25, 0.3) is 5.91 Å². The van der Waals surface area contributed by atoms with E-state index in [1.54, 1.807) is 18.4 Å². The highest BCUT2D eigenvalue weighted by atomic mass is 32.1. The second-order valence-corrected chi connectivity index (χ2v) is 8.61. The van der Waals surface area contributed by atoms with E-state index in [-0.39, 0.29) is 17.7 Å². The molecular formula is C22H26N2O4S. The maximum atomic E-state index is 12.7. The van der Waals surface area contributed by atoms with Crippen molar-refractivity contribution in [3.05, 3.63) is 51.2 Å². The fraction of sp³-hybridized carbons (Fsp3) is 0.455. The Bertz CT molecular complexity index is 889. The molecule has 1 saturated heterocycles. The van der Waals surface area contributed by atoms with Crippen molar-refractivity contribution in [2.75, 3.05) is 33.4 Å². The largest absolute Gasteiger partial charge is 0.497 e. The van der Waals surface area contributed by atoms with Crippen LogP contribution in [0.4, 0.5) is 0 Å². The molecule has 4 rings (SSSR count). The van der Waals surface area contributed by atoms with Gasteiger partial charge in [-0.3, -0.25) is 9.59 Å². The van der Waals surface area contributed by atoms with Crippen LogP contribution in [0, 0.1) is 5.92 Å². The van der Waals surface area contributed by atoms with Gasteiger partial charge in [-0.05, 0) is 48.6 Å². The first-order chi connectivity index (χ1) is 14.1. The smallest absolute Gasteiger partial charge is 0.264 e. The Labute approximate surface area is 174 Å². The SMILES string of the molecule is COc1cccc(CNC(=O)[C@@H]2CCc3sc(C(=O)N4CCOCC4)cc3C2)c1. The van der Waals surface area contributed by atoms with Crippen LogP contribution >= 0.6 is 11.3 Å². The Hall–Kier alpha value is -2.38. The molecule has 2 heterocycles. The second kappa shape index (κ2) is 8.97. The maximum Gasteiger partial charge on any atom is 0.264 e. The number of nitrogens with zero attached hydrogens (tertiary/aromatic N) is 1. The molecule has 1 aliphatic heterocycles. The van der Waals surface area contributed by atoms with E-state index in [1.807, 2.05) is 35.2 Å². The molecule has 1 aliphatic carbocycles. The molecule has 0 unspecified atom stereocenters. The molecule has 7 heteroatoms. The molecule has 154 valence electrons. The van der Waals surface area contributed by atoms with Gasteiger partial charge in [0.1, 0.15) is 5.75 Å². The summed E-state index contributed by atoms with van der Waals surface area (Å²) in [6.07, 6.45) is 2.38. The number of thiophene rings is 1. The first kappa shape index (κ1) is 19.9. The first-order valence-corrected chi connectivity index (χ1v) is 10.8. The van der Waals surface area contributed by atoms with Crippen LogP contribution in [-0.4, -0.2) is 50.1 Å². The zero-order chi connectivity index (χ0) is 20.2. The van der Waals surface area contributed by atoms with Crippen molar-refractivity contribution in [3.8, 4) is 5.75 Å². The zero-order valence-electron chi connectivity index (χ0n) is 16.6. The Balaban J connectivity index is 1.36. The molecule has 1 N–H and O–H groups in total. The Kier molecular flexibility index (Phi) is 6.16. The molecule has 1 atom stereocenters. The fourth-order valence-corrected chi connectivity index (χ4v) is 5.07. The number of carbonyl (C=O) groups excluding carboxylic acids is 2. The van der Waals surface area contributed by atoms with E-state index >= 15 is 0 Å². The Morgan fingerprint density at radius 1 is 1.28 bits per heavy atom. The van der Waals surface area contributed by atoms with Crippen LogP contribution in [0.15, 0.2) is 30.3 Å². The summed E-state index contributed by atoms with van der Waals surface area (Å²) in [5.41, 5.74) is 2.17. The summed E-state index contributed by atoms with van der Waals surface area (Å²) in [7, 11) is 1.64. The molecule has 6 nitrogen and oxygen atoms in total. The number of benzene rings is 1. The van der Waals surface area contributed by atoms with E-state index in [4.69, 9.17) is 9.47 Å². The topological polar surface area (TPSA) is 67.9 Å². The lowest BCUT2D eigenvalue weighted by Gasteiger charge is -2.26. The number of methoxy groups -OCH3 is 1. The highest BCUT2D eigenvalue weighted by Crippen LogP contribution is 2.33. The predicted molar refractivity (Wildman–Crippen MR) is 111 cm³/mol. The second-order valence-electron chi connectivity index (χ2n) is 7.47. The van der Waals surface area contributed by atoms with Crippen molar-refractivity contribution in [3.63, 3.8) is 0 Å². The number of aryl methyl sites for hydroxylation is 1. The number of amides is 2. The molecule has 2 amide bonds. The quantitative estimate of drug-likeness (QED) is 0.817. The molecule has 2 aliphatic rings. The molecule has 0 bridgehead atoms. The fourth-order valence-electron chi connectivity index (χ4n) is 3.89. The van der Waals surface area contributed by atoms with Crippen molar-refractivity contribution < 1.29 is 19.1 Å². The maximum absolute atomic E-state index is 12.7. The highest BCUT2D eigenvalue weighted by Gasteiger charge is 2.28. The van der Waals surface area contributed by atoms with E-state index in [9.17, 15) is 9.59 Å².